The van der Waals surface area contributed by atoms with E-state index < -0.39 is 11.8 Å². The van der Waals surface area contributed by atoms with Crippen LogP contribution in [0.15, 0.2) is 59.3 Å². The summed E-state index contributed by atoms with van der Waals surface area (Å²) in [4.78, 5) is 28.0. The quantitative estimate of drug-likeness (QED) is 0.518. The van der Waals surface area contributed by atoms with Crippen molar-refractivity contribution in [2.45, 2.75) is 0 Å². The van der Waals surface area contributed by atoms with Crippen molar-refractivity contribution in [2.75, 3.05) is 5.32 Å². The summed E-state index contributed by atoms with van der Waals surface area (Å²) in [6.07, 6.45) is 2.84. The molecule has 0 aliphatic carbocycles. The molecule has 10 heteroatoms. The summed E-state index contributed by atoms with van der Waals surface area (Å²) in [6.45, 7) is 0. The van der Waals surface area contributed by atoms with Gasteiger partial charge in [-0.3, -0.25) is 14.9 Å². The highest BCUT2D eigenvalue weighted by molar-refractivity contribution is 7.17. The minimum Gasteiger partial charge on any atom is -0.463 e. The van der Waals surface area contributed by atoms with Crippen LogP contribution in [0.1, 0.15) is 20.2 Å². The van der Waals surface area contributed by atoms with Crippen LogP contribution in [0.3, 0.4) is 0 Å². The standard InChI is InChI=1S/C18H12ClN5O3S/c19-10-3-1-4-11(7-10)24-13(14-5-2-6-27-14)8-12(23-24)17(26)22-18-21-9-15(28-18)16(20)25/h1-9H,(H2,20,25)(H,21,22,26). The molecule has 0 spiro atoms. The van der Waals surface area contributed by atoms with Crippen LogP contribution < -0.4 is 11.1 Å². The molecular weight excluding hydrogens is 402 g/mol. The number of hydrogen-bond acceptors (Lipinski definition) is 6. The molecule has 3 heterocycles. The van der Waals surface area contributed by atoms with Crippen molar-refractivity contribution in [1.82, 2.24) is 14.8 Å². The minimum atomic E-state index is -0.608. The van der Waals surface area contributed by atoms with Gasteiger partial charge in [0.15, 0.2) is 16.6 Å². The molecule has 3 N–H and O–H groups in total. The first-order valence-corrected chi connectivity index (χ1v) is 9.17. The summed E-state index contributed by atoms with van der Waals surface area (Å²) in [5.41, 5.74) is 6.59. The fourth-order valence-electron chi connectivity index (χ4n) is 2.50. The Labute approximate surface area is 167 Å². The maximum Gasteiger partial charge on any atom is 0.277 e. The Morgan fingerprint density at radius 2 is 2.07 bits per heavy atom. The lowest BCUT2D eigenvalue weighted by atomic mass is 10.2. The Hall–Kier alpha value is -3.43. The maximum atomic E-state index is 12.6. The van der Waals surface area contributed by atoms with Gasteiger partial charge in [0, 0.05) is 11.1 Å². The summed E-state index contributed by atoms with van der Waals surface area (Å²) < 4.78 is 7.03. The zero-order valence-electron chi connectivity index (χ0n) is 14.1. The number of aromatic nitrogens is 3. The average molecular weight is 414 g/mol. The lowest BCUT2D eigenvalue weighted by Crippen LogP contribution is -2.13. The van der Waals surface area contributed by atoms with Gasteiger partial charge in [-0.1, -0.05) is 29.0 Å². The van der Waals surface area contributed by atoms with Gasteiger partial charge in [0.2, 0.25) is 0 Å². The first-order chi connectivity index (χ1) is 13.5. The molecule has 8 nitrogen and oxygen atoms in total. The third-order valence-corrected chi connectivity index (χ3v) is 4.90. The monoisotopic (exact) mass is 413 g/mol. The lowest BCUT2D eigenvalue weighted by Gasteiger charge is -2.05. The van der Waals surface area contributed by atoms with E-state index in [9.17, 15) is 9.59 Å². The molecule has 0 atom stereocenters. The summed E-state index contributed by atoms with van der Waals surface area (Å²) in [6, 6.07) is 12.2. The number of anilines is 1. The van der Waals surface area contributed by atoms with Gasteiger partial charge in [-0.25, -0.2) is 9.67 Å². The topological polar surface area (TPSA) is 116 Å². The zero-order valence-corrected chi connectivity index (χ0v) is 15.7. The summed E-state index contributed by atoms with van der Waals surface area (Å²) in [5.74, 6) is -0.556. The number of carbonyl (C=O) groups is 2. The van der Waals surface area contributed by atoms with E-state index in [0.29, 0.717) is 22.2 Å². The number of nitrogens with zero attached hydrogens (tertiary/aromatic N) is 3. The van der Waals surface area contributed by atoms with Crippen LogP contribution in [-0.2, 0) is 0 Å². The Kier molecular flexibility index (Phi) is 4.68. The number of halogens is 1. The van der Waals surface area contributed by atoms with Crippen LogP contribution in [0.2, 0.25) is 5.02 Å². The molecule has 0 radical (unpaired) electrons. The number of nitrogens with one attached hydrogen (secondary N) is 1. The number of thiazole rings is 1. The Bertz CT molecular complexity index is 1170. The van der Waals surface area contributed by atoms with Crippen molar-refractivity contribution in [3.63, 3.8) is 0 Å². The highest BCUT2D eigenvalue weighted by Gasteiger charge is 2.19. The molecule has 0 saturated carbocycles. The molecule has 1 aromatic carbocycles. The molecule has 28 heavy (non-hydrogen) atoms. The van der Waals surface area contributed by atoms with Crippen LogP contribution in [0, 0.1) is 0 Å². The smallest absolute Gasteiger partial charge is 0.277 e. The minimum absolute atomic E-state index is 0.141. The number of nitrogens with two attached hydrogens (primary N) is 1. The molecule has 0 saturated heterocycles. The van der Waals surface area contributed by atoms with Crippen LogP contribution in [-0.4, -0.2) is 26.6 Å². The molecule has 4 rings (SSSR count). The number of furan rings is 1. The second kappa shape index (κ2) is 7.29. The van der Waals surface area contributed by atoms with Crippen molar-refractivity contribution in [1.29, 1.82) is 0 Å². The van der Waals surface area contributed by atoms with E-state index in [1.807, 2.05) is 6.07 Å². The second-order valence-corrected chi connectivity index (χ2v) is 7.10. The maximum absolute atomic E-state index is 12.6. The van der Waals surface area contributed by atoms with Gasteiger partial charge in [0.1, 0.15) is 10.6 Å². The molecule has 4 aromatic rings. The van der Waals surface area contributed by atoms with Crippen molar-refractivity contribution >= 4 is 39.9 Å². The van der Waals surface area contributed by atoms with Gasteiger partial charge >= 0.3 is 0 Å². The van der Waals surface area contributed by atoms with Crippen LogP contribution in [0.5, 0.6) is 0 Å². The highest BCUT2D eigenvalue weighted by atomic mass is 35.5. The van der Waals surface area contributed by atoms with E-state index in [0.717, 1.165) is 11.3 Å². The first-order valence-electron chi connectivity index (χ1n) is 7.98. The van der Waals surface area contributed by atoms with Crippen LogP contribution >= 0.6 is 22.9 Å². The Balaban J connectivity index is 1.70. The lowest BCUT2D eigenvalue weighted by molar-refractivity contribution is 0.1000. The van der Waals surface area contributed by atoms with Crippen molar-refractivity contribution in [3.8, 4) is 17.1 Å². The summed E-state index contributed by atoms with van der Waals surface area (Å²) in [7, 11) is 0. The van der Waals surface area contributed by atoms with Crippen molar-refractivity contribution in [3.05, 3.63) is 70.5 Å². The molecule has 0 fully saturated rings. The predicted octanol–water partition coefficient (Wildman–Crippen LogP) is 3.59. The van der Waals surface area contributed by atoms with Gasteiger partial charge in [0.05, 0.1) is 18.1 Å². The summed E-state index contributed by atoms with van der Waals surface area (Å²) >= 11 is 7.07. The van der Waals surface area contributed by atoms with Gasteiger partial charge in [-0.15, -0.1) is 0 Å². The van der Waals surface area contributed by atoms with Crippen LogP contribution in [0.4, 0.5) is 5.13 Å². The van der Waals surface area contributed by atoms with E-state index in [1.54, 1.807) is 41.1 Å². The fraction of sp³-hybridized carbons (Fsp3) is 0. The fourth-order valence-corrected chi connectivity index (χ4v) is 3.35. The van der Waals surface area contributed by atoms with Crippen LogP contribution in [0.25, 0.3) is 17.1 Å². The first kappa shape index (κ1) is 18.0. The molecule has 140 valence electrons. The molecule has 0 bridgehead atoms. The molecule has 0 unspecified atom stereocenters. The Morgan fingerprint density at radius 3 is 2.75 bits per heavy atom. The highest BCUT2D eigenvalue weighted by Crippen LogP contribution is 2.26. The number of amides is 2. The SMILES string of the molecule is NC(=O)c1cnc(NC(=O)c2cc(-c3ccco3)n(-c3cccc(Cl)c3)n2)s1. The molecule has 0 aliphatic heterocycles. The third-order valence-electron chi connectivity index (χ3n) is 3.74. The van der Waals surface area contributed by atoms with Gasteiger partial charge in [0.25, 0.3) is 11.8 Å². The van der Waals surface area contributed by atoms with Crippen molar-refractivity contribution < 1.29 is 14.0 Å². The molecule has 3 aromatic heterocycles. The van der Waals surface area contributed by atoms with E-state index in [1.165, 1.54) is 12.5 Å². The predicted molar refractivity (Wildman–Crippen MR) is 105 cm³/mol. The van der Waals surface area contributed by atoms with Gasteiger partial charge < -0.3 is 10.2 Å². The van der Waals surface area contributed by atoms with Gasteiger partial charge in [-0.2, -0.15) is 5.10 Å². The number of hydrogen-bond donors (Lipinski definition) is 2. The van der Waals surface area contributed by atoms with E-state index >= 15 is 0 Å². The zero-order chi connectivity index (χ0) is 19.7. The number of primary amides is 1. The largest absolute Gasteiger partial charge is 0.463 e. The second-order valence-electron chi connectivity index (χ2n) is 5.63. The van der Waals surface area contributed by atoms with Gasteiger partial charge in [-0.05, 0) is 30.3 Å². The number of rotatable bonds is 5. The van der Waals surface area contributed by atoms with Crippen molar-refractivity contribution in [2.24, 2.45) is 5.73 Å². The molecular formula is C18H12ClN5O3S. The average Bonchev–Trinajstić information content (AvgIpc) is 3.41. The van der Waals surface area contributed by atoms with E-state index in [-0.39, 0.29) is 15.7 Å². The molecule has 0 aliphatic rings. The number of carbonyl (C=O) groups excluding carboxylic acids is 2. The normalized spacial score (nSPS) is 10.8. The Morgan fingerprint density at radius 1 is 1.21 bits per heavy atom. The van der Waals surface area contributed by atoms with E-state index in [4.69, 9.17) is 21.8 Å². The molecule has 2 amide bonds. The third kappa shape index (κ3) is 3.53. The number of benzene rings is 1. The van der Waals surface area contributed by atoms with E-state index in [2.05, 4.69) is 15.4 Å². The summed E-state index contributed by atoms with van der Waals surface area (Å²) in [5, 5.41) is 7.78.